The van der Waals surface area contributed by atoms with Gasteiger partial charge >= 0.3 is 18.9 Å². The first kappa shape index (κ1) is 16.8. The maximum Gasteiger partial charge on any atom is 1.00 e. The number of amides is 1. The summed E-state index contributed by atoms with van der Waals surface area (Å²) < 4.78 is 0. The number of carboxylic acids is 1. The molecule has 1 fully saturated rings. The molecule has 0 aromatic heterocycles. The Bertz CT molecular complexity index is 477. The molecule has 1 aromatic carbocycles. The van der Waals surface area contributed by atoms with Gasteiger partial charge in [-0.2, -0.15) is 0 Å². The Morgan fingerprint density at radius 1 is 1.15 bits per heavy atom. The maximum atomic E-state index is 11.9. The molecule has 5 heteroatoms. The molecule has 0 bridgehead atoms. The van der Waals surface area contributed by atoms with Crippen LogP contribution in [0.2, 0.25) is 0 Å². The van der Waals surface area contributed by atoms with Crippen molar-refractivity contribution in [2.45, 2.75) is 38.8 Å². The fourth-order valence-corrected chi connectivity index (χ4v) is 2.79. The fourth-order valence-electron chi connectivity index (χ4n) is 2.79. The molecule has 1 aliphatic heterocycles. The van der Waals surface area contributed by atoms with E-state index in [1.165, 1.54) is 4.90 Å². The topological polar surface area (TPSA) is 60.4 Å². The average molecular weight is 267 g/mol. The minimum Gasteiger partial charge on any atom is -0.540 e. The smallest absolute Gasteiger partial charge is 0.540 e. The summed E-state index contributed by atoms with van der Waals surface area (Å²) in [5, 5.41) is 10.9. The number of carboxylic acid groups (broad SMARTS) is 1. The van der Waals surface area contributed by atoms with Crippen LogP contribution >= 0.6 is 0 Å². The molecule has 4 nitrogen and oxygen atoms in total. The van der Waals surface area contributed by atoms with Gasteiger partial charge < -0.3 is 14.8 Å². The zero-order valence-electron chi connectivity index (χ0n) is 12.2. The van der Waals surface area contributed by atoms with Crippen molar-refractivity contribution in [3.05, 3.63) is 35.9 Å². The summed E-state index contributed by atoms with van der Waals surface area (Å²) in [5.74, 6) is -2.24. The summed E-state index contributed by atoms with van der Waals surface area (Å²) in [5.41, 5.74) is 0.982. The molecule has 20 heavy (non-hydrogen) atoms. The summed E-state index contributed by atoms with van der Waals surface area (Å²) in [6.07, 6.45) is 1.77. The number of carbonyl (C=O) groups is 2. The van der Waals surface area contributed by atoms with E-state index in [4.69, 9.17) is 0 Å². The second-order valence-electron chi connectivity index (χ2n) is 5.22. The van der Waals surface area contributed by atoms with E-state index in [1.54, 1.807) is 0 Å². The Hall–Kier alpha value is -1.24. The van der Waals surface area contributed by atoms with Gasteiger partial charge in [0, 0.05) is 6.04 Å². The molecular formula is C15H18LiNO3. The van der Waals surface area contributed by atoms with E-state index in [2.05, 4.69) is 0 Å². The summed E-state index contributed by atoms with van der Waals surface area (Å²) in [6.45, 7) is 3.95. The second kappa shape index (κ2) is 6.96. The number of hydrogen-bond donors (Lipinski definition) is 0. The van der Waals surface area contributed by atoms with Gasteiger partial charge in [-0.3, -0.25) is 4.79 Å². The Labute approximate surface area is 131 Å². The fraction of sp³-hybridized carbons (Fsp3) is 0.467. The van der Waals surface area contributed by atoms with Crippen LogP contribution in [0.1, 0.15) is 38.3 Å². The first-order valence-electron chi connectivity index (χ1n) is 6.61. The van der Waals surface area contributed by atoms with Gasteiger partial charge in [-0.25, -0.2) is 0 Å². The van der Waals surface area contributed by atoms with Gasteiger partial charge in [0.15, 0.2) is 0 Å². The van der Waals surface area contributed by atoms with Crippen LogP contribution in [0.3, 0.4) is 0 Å². The van der Waals surface area contributed by atoms with Gasteiger partial charge in [0.25, 0.3) is 5.91 Å². The molecule has 0 radical (unpaired) electrons. The molecule has 1 heterocycles. The summed E-state index contributed by atoms with van der Waals surface area (Å²) >= 11 is 0. The summed E-state index contributed by atoms with van der Waals surface area (Å²) in [4.78, 5) is 24.3. The van der Waals surface area contributed by atoms with Crippen LogP contribution < -0.4 is 24.0 Å². The van der Waals surface area contributed by atoms with Gasteiger partial charge in [0.1, 0.15) is 5.97 Å². The van der Waals surface area contributed by atoms with Crippen LogP contribution in [0.15, 0.2) is 30.3 Å². The number of nitrogens with zero attached hydrogens (tertiary/aromatic N) is 1. The van der Waals surface area contributed by atoms with Crippen LogP contribution in [-0.4, -0.2) is 22.8 Å². The molecule has 0 N–H and O–H groups in total. The third-order valence-corrected chi connectivity index (χ3v) is 4.09. The van der Waals surface area contributed by atoms with Crippen molar-refractivity contribution >= 4 is 11.9 Å². The SMILES string of the molecule is CC1CCC(c2ccccc2)N(C(=O)C(=O)[O-])C1C.[Li+]. The third-order valence-electron chi connectivity index (χ3n) is 4.09. The van der Waals surface area contributed by atoms with Crippen molar-refractivity contribution in [1.82, 2.24) is 4.90 Å². The van der Waals surface area contributed by atoms with Gasteiger partial charge in [-0.05, 0) is 31.2 Å². The Morgan fingerprint density at radius 3 is 2.30 bits per heavy atom. The molecule has 3 atom stereocenters. The van der Waals surface area contributed by atoms with Crippen LogP contribution in [0.5, 0.6) is 0 Å². The quantitative estimate of drug-likeness (QED) is 0.442. The van der Waals surface area contributed by atoms with Crippen LogP contribution in [-0.2, 0) is 9.59 Å². The van der Waals surface area contributed by atoms with Crippen LogP contribution in [0.4, 0.5) is 0 Å². The summed E-state index contributed by atoms with van der Waals surface area (Å²) in [6, 6.07) is 9.32. The van der Waals surface area contributed by atoms with Gasteiger partial charge in [0.05, 0.1) is 6.04 Å². The molecule has 0 saturated carbocycles. The number of hydrogen-bond acceptors (Lipinski definition) is 3. The van der Waals surface area contributed by atoms with Crippen molar-refractivity contribution in [2.24, 2.45) is 5.92 Å². The number of benzene rings is 1. The molecule has 1 aromatic rings. The van der Waals surface area contributed by atoms with E-state index >= 15 is 0 Å². The predicted molar refractivity (Wildman–Crippen MR) is 68.9 cm³/mol. The van der Waals surface area contributed by atoms with Crippen molar-refractivity contribution in [1.29, 1.82) is 0 Å². The van der Waals surface area contributed by atoms with E-state index in [-0.39, 0.29) is 30.9 Å². The molecule has 0 spiro atoms. The molecular weight excluding hydrogens is 249 g/mol. The zero-order valence-corrected chi connectivity index (χ0v) is 12.2. The number of aliphatic carboxylic acids is 1. The van der Waals surface area contributed by atoms with Crippen molar-refractivity contribution < 1.29 is 33.6 Å². The molecule has 102 valence electrons. The largest absolute Gasteiger partial charge is 1.00 e. The van der Waals surface area contributed by atoms with E-state index in [1.807, 2.05) is 44.2 Å². The monoisotopic (exact) mass is 267 g/mol. The third kappa shape index (κ3) is 3.25. The molecule has 2 rings (SSSR count). The molecule has 0 aliphatic carbocycles. The van der Waals surface area contributed by atoms with E-state index in [0.29, 0.717) is 5.92 Å². The molecule has 1 aliphatic rings. The normalized spacial score (nSPS) is 25.7. The minimum atomic E-state index is -1.62. The van der Waals surface area contributed by atoms with Crippen molar-refractivity contribution in [3.63, 3.8) is 0 Å². The van der Waals surface area contributed by atoms with Crippen LogP contribution in [0.25, 0.3) is 0 Å². The first-order chi connectivity index (χ1) is 9.02. The molecule has 1 saturated heterocycles. The first-order valence-corrected chi connectivity index (χ1v) is 6.61. The number of carbonyl (C=O) groups excluding carboxylic acids is 2. The van der Waals surface area contributed by atoms with E-state index < -0.39 is 11.9 Å². The van der Waals surface area contributed by atoms with Crippen molar-refractivity contribution in [3.8, 4) is 0 Å². The van der Waals surface area contributed by atoms with E-state index in [9.17, 15) is 14.7 Å². The minimum absolute atomic E-state index is 0. The Balaban J connectivity index is 0.00000200. The van der Waals surface area contributed by atoms with E-state index in [0.717, 1.165) is 18.4 Å². The van der Waals surface area contributed by atoms with Gasteiger partial charge in [-0.1, -0.05) is 37.3 Å². The Kier molecular flexibility index (Phi) is 5.85. The Morgan fingerprint density at radius 2 is 1.75 bits per heavy atom. The number of likely N-dealkylation sites (tertiary alicyclic amines) is 1. The standard InChI is InChI=1S/C15H19NO3.Li/c1-10-8-9-13(12-6-4-3-5-7-12)16(11(10)2)14(17)15(18)19;/h3-7,10-11,13H,8-9H2,1-2H3,(H,18,19);/q;+1/p-1. The predicted octanol–water partition coefficient (Wildman–Crippen LogP) is -1.87. The zero-order chi connectivity index (χ0) is 14.0. The van der Waals surface area contributed by atoms with Crippen LogP contribution in [0, 0.1) is 5.92 Å². The second-order valence-corrected chi connectivity index (χ2v) is 5.22. The molecule has 3 unspecified atom stereocenters. The van der Waals surface area contributed by atoms with Crippen molar-refractivity contribution in [2.75, 3.05) is 0 Å². The van der Waals surface area contributed by atoms with Gasteiger partial charge in [0.2, 0.25) is 0 Å². The van der Waals surface area contributed by atoms with Gasteiger partial charge in [-0.15, -0.1) is 0 Å². The molecule has 1 amide bonds. The number of rotatable bonds is 1. The maximum absolute atomic E-state index is 11.9. The summed E-state index contributed by atoms with van der Waals surface area (Å²) in [7, 11) is 0. The average Bonchev–Trinajstić information content (AvgIpc) is 2.41. The number of piperidine rings is 1.